The van der Waals surface area contributed by atoms with Crippen molar-refractivity contribution in [2.45, 2.75) is 18.9 Å². The molecule has 2 rings (SSSR count). The maximum atomic E-state index is 13.1. The van der Waals surface area contributed by atoms with E-state index in [1.165, 1.54) is 12.1 Å². The van der Waals surface area contributed by atoms with E-state index in [0.29, 0.717) is 17.9 Å². The lowest BCUT2D eigenvalue weighted by Crippen LogP contribution is -2.39. The van der Waals surface area contributed by atoms with Gasteiger partial charge in [0.05, 0.1) is 19.3 Å². The van der Waals surface area contributed by atoms with Crippen LogP contribution in [0, 0.1) is 17.6 Å². The maximum absolute atomic E-state index is 13.1. The zero-order valence-corrected chi connectivity index (χ0v) is 10.7. The van der Waals surface area contributed by atoms with Crippen molar-refractivity contribution in [2.75, 3.05) is 26.3 Å². The highest BCUT2D eigenvalue weighted by Gasteiger charge is 2.27. The molecule has 0 saturated carbocycles. The summed E-state index contributed by atoms with van der Waals surface area (Å²) in [6.45, 7) is 1.40. The summed E-state index contributed by atoms with van der Waals surface area (Å²) in [6, 6.07) is 3.37. The largest absolute Gasteiger partial charge is 0.395 e. The minimum atomic E-state index is -0.548. The molecule has 1 aliphatic rings. The molecular formula is C14H19F2NO2. The molecule has 1 aliphatic heterocycles. The Morgan fingerprint density at radius 1 is 1.16 bits per heavy atom. The summed E-state index contributed by atoms with van der Waals surface area (Å²) in [7, 11) is 0. The molecule has 5 heteroatoms. The van der Waals surface area contributed by atoms with Crippen molar-refractivity contribution in [1.29, 1.82) is 0 Å². The van der Waals surface area contributed by atoms with Gasteiger partial charge in [0.2, 0.25) is 0 Å². The maximum Gasteiger partial charge on any atom is 0.126 e. The molecule has 0 radical (unpaired) electrons. The molecule has 1 aromatic rings. The Hall–Kier alpha value is -1.04. The first-order valence-electron chi connectivity index (χ1n) is 6.53. The first-order valence-corrected chi connectivity index (χ1v) is 6.53. The topological polar surface area (TPSA) is 43.7 Å². The smallest absolute Gasteiger partial charge is 0.126 e. The molecule has 0 spiro atoms. The summed E-state index contributed by atoms with van der Waals surface area (Å²) < 4.78 is 26.2. The van der Waals surface area contributed by atoms with E-state index < -0.39 is 11.6 Å². The first kappa shape index (κ1) is 14.4. The van der Waals surface area contributed by atoms with Crippen LogP contribution in [-0.4, -0.2) is 47.5 Å². The lowest BCUT2D eigenvalue weighted by Gasteiger charge is -2.24. The second kappa shape index (κ2) is 6.41. The molecule has 1 aromatic carbocycles. The van der Waals surface area contributed by atoms with Gasteiger partial charge < -0.3 is 10.2 Å². The normalized spacial score (nSPS) is 20.4. The predicted octanol–water partition coefficient (Wildman–Crippen LogP) is 1.18. The number of aliphatic hydroxyl groups excluding tert-OH is 2. The highest BCUT2D eigenvalue weighted by molar-refractivity contribution is 5.18. The van der Waals surface area contributed by atoms with E-state index in [1.54, 1.807) is 0 Å². The van der Waals surface area contributed by atoms with E-state index in [-0.39, 0.29) is 19.3 Å². The van der Waals surface area contributed by atoms with E-state index >= 15 is 0 Å². The zero-order valence-electron chi connectivity index (χ0n) is 10.7. The lowest BCUT2D eigenvalue weighted by molar-refractivity contribution is 0.0880. The van der Waals surface area contributed by atoms with Gasteiger partial charge in [0.25, 0.3) is 0 Å². The van der Waals surface area contributed by atoms with Gasteiger partial charge in [-0.05, 0) is 43.0 Å². The van der Waals surface area contributed by atoms with E-state index in [0.717, 1.165) is 25.6 Å². The van der Waals surface area contributed by atoms with Crippen LogP contribution >= 0.6 is 0 Å². The summed E-state index contributed by atoms with van der Waals surface area (Å²) in [5.74, 6) is -0.788. The molecule has 0 bridgehead atoms. The quantitative estimate of drug-likeness (QED) is 0.845. The van der Waals surface area contributed by atoms with Crippen LogP contribution in [0.25, 0.3) is 0 Å². The number of rotatable bonds is 5. The number of hydrogen-bond donors (Lipinski definition) is 2. The van der Waals surface area contributed by atoms with Gasteiger partial charge in [-0.2, -0.15) is 0 Å². The van der Waals surface area contributed by atoms with Crippen molar-refractivity contribution < 1.29 is 19.0 Å². The minimum Gasteiger partial charge on any atom is -0.395 e. The van der Waals surface area contributed by atoms with Crippen molar-refractivity contribution in [1.82, 2.24) is 4.90 Å². The van der Waals surface area contributed by atoms with E-state index in [1.807, 2.05) is 4.90 Å². The van der Waals surface area contributed by atoms with Crippen LogP contribution in [0.3, 0.4) is 0 Å². The molecule has 2 N–H and O–H groups in total. The number of benzene rings is 1. The summed E-state index contributed by atoms with van der Waals surface area (Å²) in [6.07, 6.45) is 1.53. The third kappa shape index (κ3) is 3.72. The van der Waals surface area contributed by atoms with E-state index in [2.05, 4.69) is 0 Å². The fraction of sp³-hybridized carbons (Fsp3) is 0.571. The number of halogens is 2. The summed E-state index contributed by atoms with van der Waals surface area (Å²) in [5.41, 5.74) is 0.661. The van der Waals surface area contributed by atoms with Crippen molar-refractivity contribution in [3.63, 3.8) is 0 Å². The molecule has 0 aliphatic carbocycles. The zero-order chi connectivity index (χ0) is 13.8. The van der Waals surface area contributed by atoms with Gasteiger partial charge >= 0.3 is 0 Å². The molecule has 0 aromatic heterocycles. The van der Waals surface area contributed by atoms with Crippen LogP contribution < -0.4 is 0 Å². The third-order valence-corrected chi connectivity index (χ3v) is 3.70. The second-order valence-corrected chi connectivity index (χ2v) is 5.15. The summed E-state index contributed by atoms with van der Waals surface area (Å²) in [5, 5.41) is 18.3. The molecule has 1 atom stereocenters. The number of aliphatic hydroxyl groups is 2. The van der Waals surface area contributed by atoms with Gasteiger partial charge in [-0.15, -0.1) is 0 Å². The van der Waals surface area contributed by atoms with Gasteiger partial charge in [0.1, 0.15) is 11.6 Å². The molecule has 106 valence electrons. The number of nitrogens with zero attached hydrogens (tertiary/aromatic N) is 1. The fourth-order valence-electron chi connectivity index (χ4n) is 2.71. The van der Waals surface area contributed by atoms with Crippen molar-refractivity contribution in [2.24, 2.45) is 5.92 Å². The predicted molar refractivity (Wildman–Crippen MR) is 67.7 cm³/mol. The monoisotopic (exact) mass is 271 g/mol. The molecule has 1 saturated heterocycles. The highest BCUT2D eigenvalue weighted by atomic mass is 19.1. The molecule has 3 nitrogen and oxygen atoms in total. The van der Waals surface area contributed by atoms with Gasteiger partial charge in [0, 0.05) is 12.6 Å². The Morgan fingerprint density at radius 3 is 2.37 bits per heavy atom. The average Bonchev–Trinajstić information content (AvgIpc) is 2.78. The molecular weight excluding hydrogens is 252 g/mol. The molecule has 1 unspecified atom stereocenters. The fourth-order valence-corrected chi connectivity index (χ4v) is 2.71. The third-order valence-electron chi connectivity index (χ3n) is 3.70. The van der Waals surface area contributed by atoms with Crippen LogP contribution in [0.4, 0.5) is 8.78 Å². The van der Waals surface area contributed by atoms with Crippen LogP contribution in [0.2, 0.25) is 0 Å². The van der Waals surface area contributed by atoms with Crippen molar-refractivity contribution in [3.05, 3.63) is 35.4 Å². The van der Waals surface area contributed by atoms with Crippen molar-refractivity contribution >= 4 is 0 Å². The van der Waals surface area contributed by atoms with Crippen LogP contribution in [0.5, 0.6) is 0 Å². The van der Waals surface area contributed by atoms with Crippen LogP contribution in [0.1, 0.15) is 12.0 Å². The van der Waals surface area contributed by atoms with Gasteiger partial charge in [0.15, 0.2) is 0 Å². The number of likely N-dealkylation sites (tertiary alicyclic amines) is 1. The highest BCUT2D eigenvalue weighted by Crippen LogP contribution is 2.23. The Labute approximate surface area is 111 Å². The first-order chi connectivity index (χ1) is 9.12. The average molecular weight is 271 g/mol. The summed E-state index contributed by atoms with van der Waals surface area (Å²) in [4.78, 5) is 2.03. The Morgan fingerprint density at radius 2 is 1.79 bits per heavy atom. The van der Waals surface area contributed by atoms with Crippen LogP contribution in [0.15, 0.2) is 18.2 Å². The van der Waals surface area contributed by atoms with E-state index in [9.17, 15) is 8.78 Å². The second-order valence-electron chi connectivity index (χ2n) is 5.15. The van der Waals surface area contributed by atoms with E-state index in [4.69, 9.17) is 10.2 Å². The van der Waals surface area contributed by atoms with Crippen molar-refractivity contribution in [3.8, 4) is 0 Å². The van der Waals surface area contributed by atoms with Gasteiger partial charge in [-0.1, -0.05) is 0 Å². The van der Waals surface area contributed by atoms with Crippen LogP contribution in [-0.2, 0) is 6.42 Å². The minimum absolute atomic E-state index is 0.0716. The Kier molecular flexibility index (Phi) is 4.85. The SMILES string of the molecule is OCC(CO)N1CCC(Cc2cc(F)cc(F)c2)C1. The van der Waals surface area contributed by atoms with Gasteiger partial charge in [-0.25, -0.2) is 8.78 Å². The lowest BCUT2D eigenvalue weighted by atomic mass is 9.98. The number of hydrogen-bond acceptors (Lipinski definition) is 3. The molecule has 1 heterocycles. The standard InChI is InChI=1S/C14H19F2NO2/c15-12-4-11(5-13(16)6-12)3-10-1-2-17(7-10)14(8-18)9-19/h4-6,10,14,18-19H,1-3,7-9H2. The molecule has 0 amide bonds. The Balaban J connectivity index is 1.94. The van der Waals surface area contributed by atoms with Gasteiger partial charge in [-0.3, -0.25) is 4.90 Å². The molecule has 1 fully saturated rings. The summed E-state index contributed by atoms with van der Waals surface area (Å²) >= 11 is 0. The Bertz CT molecular complexity index is 404. The molecule has 19 heavy (non-hydrogen) atoms.